The van der Waals surface area contributed by atoms with Gasteiger partial charge in [-0.2, -0.15) is 4.98 Å². The number of aliphatic hydroxyl groups is 2. The highest BCUT2D eigenvalue weighted by Crippen LogP contribution is 2.50. The highest BCUT2D eigenvalue weighted by Gasteiger charge is 2.52. The predicted molar refractivity (Wildman–Crippen MR) is 185 cm³/mol. The van der Waals surface area contributed by atoms with Crippen molar-refractivity contribution >= 4 is 49.7 Å². The standard InChI is InChI=1S/C21H28N10O14P2.C6H15N/c1-40-14-13(8(3-41-46(35,36)37)44-20(14)30-5-26-9-15(22)24-4-25-16(9)30)45-47(38,39)42-2-7-11(32)12(33)19(43-7)31-6-27-10-17(31)28-21(23)29-18(10)34;1-4-7(5-2)6-3/h4-8,11-14,19-20,32-33H,2-3H2,1H3,(H,38,39)(H2,22,24,25)(H2,35,36,37)(H3,23,28,29,34);4-6H2,1-3H3/t7-,8-,11-,12-,13-,14-,19-,20-;/m1./s1. The van der Waals surface area contributed by atoms with Gasteiger partial charge in [-0.25, -0.2) is 29.1 Å². The molecule has 0 bridgehead atoms. The summed E-state index contributed by atoms with van der Waals surface area (Å²) in [5.41, 5.74) is 11.0. The van der Waals surface area contributed by atoms with Gasteiger partial charge in [-0.05, 0) is 19.6 Å². The van der Waals surface area contributed by atoms with Gasteiger partial charge in [0.15, 0.2) is 35.1 Å². The third kappa shape index (κ3) is 9.12. The monoisotopic (exact) mass is 807 g/mol. The van der Waals surface area contributed by atoms with Crippen LogP contribution in [0.4, 0.5) is 11.8 Å². The number of nitrogens with one attached hydrogen (secondary N) is 1. The second kappa shape index (κ2) is 17.1. The van der Waals surface area contributed by atoms with Crippen LogP contribution in [-0.4, -0.2) is 145 Å². The van der Waals surface area contributed by atoms with Crippen LogP contribution in [-0.2, 0) is 36.9 Å². The summed E-state index contributed by atoms with van der Waals surface area (Å²) < 4.78 is 59.3. The molecule has 0 spiro atoms. The van der Waals surface area contributed by atoms with Crippen LogP contribution < -0.4 is 17.0 Å². The number of nitrogens with two attached hydrogens (primary N) is 2. The molecule has 6 rings (SSSR count). The van der Waals surface area contributed by atoms with Gasteiger partial charge in [-0.1, -0.05) is 20.8 Å². The van der Waals surface area contributed by atoms with Crippen molar-refractivity contribution < 1.29 is 61.8 Å². The number of phosphoric ester groups is 2. The lowest BCUT2D eigenvalue weighted by Gasteiger charge is -2.26. The molecule has 27 heteroatoms. The first-order valence-electron chi connectivity index (χ1n) is 16.5. The molecule has 2 saturated heterocycles. The Bertz CT molecular complexity index is 2030. The fourth-order valence-corrected chi connectivity index (χ4v) is 7.22. The molecule has 0 aliphatic carbocycles. The van der Waals surface area contributed by atoms with Gasteiger partial charge >= 0.3 is 15.6 Å². The van der Waals surface area contributed by atoms with Crippen molar-refractivity contribution in [3.05, 3.63) is 29.3 Å². The van der Waals surface area contributed by atoms with Crippen molar-refractivity contribution in [3.8, 4) is 0 Å². The number of fused-ring (bicyclic) bond motifs is 2. The van der Waals surface area contributed by atoms with Crippen LogP contribution in [0.5, 0.6) is 0 Å². The molecule has 10 N–H and O–H groups in total. The number of ether oxygens (including phenoxy) is 3. The topological polar surface area (TPSA) is 353 Å². The first-order valence-corrected chi connectivity index (χ1v) is 19.5. The Morgan fingerprint density at radius 3 is 2.07 bits per heavy atom. The number of phosphoric acid groups is 2. The van der Waals surface area contributed by atoms with Gasteiger partial charge < -0.3 is 55.5 Å². The number of aliphatic hydroxyl groups excluding tert-OH is 2. The van der Waals surface area contributed by atoms with E-state index in [0.29, 0.717) is 0 Å². The van der Waals surface area contributed by atoms with E-state index >= 15 is 0 Å². The fourth-order valence-electron chi connectivity index (χ4n) is 5.92. The number of aromatic nitrogens is 8. The van der Waals surface area contributed by atoms with E-state index in [4.69, 9.17) is 34.7 Å². The molecule has 2 aliphatic heterocycles. The van der Waals surface area contributed by atoms with Gasteiger partial charge in [0.1, 0.15) is 48.5 Å². The minimum absolute atomic E-state index is 0.0436. The zero-order chi connectivity index (χ0) is 39.5. The number of imidazole rings is 2. The molecule has 2 aliphatic rings. The van der Waals surface area contributed by atoms with Crippen LogP contribution >= 0.6 is 15.6 Å². The Morgan fingerprint density at radius 1 is 0.852 bits per heavy atom. The number of nitrogen functional groups attached to an aromatic ring is 2. The van der Waals surface area contributed by atoms with Gasteiger partial charge in [0, 0.05) is 7.11 Å². The number of H-pyrrole nitrogens is 1. The number of methoxy groups -OCH3 is 1. The molecule has 1 unspecified atom stereocenters. The molecule has 25 nitrogen and oxygen atoms in total. The zero-order valence-electron chi connectivity index (χ0n) is 29.4. The van der Waals surface area contributed by atoms with E-state index in [-0.39, 0.29) is 34.1 Å². The van der Waals surface area contributed by atoms with Crippen LogP contribution in [0.15, 0.2) is 23.8 Å². The second-order valence-corrected chi connectivity index (χ2v) is 14.6. The van der Waals surface area contributed by atoms with Crippen molar-refractivity contribution in [2.24, 2.45) is 0 Å². The highest BCUT2D eigenvalue weighted by molar-refractivity contribution is 7.47. The number of nitrogens with zero attached hydrogens (tertiary/aromatic N) is 8. The Labute approximate surface area is 306 Å². The Balaban J connectivity index is 0.000000730. The van der Waals surface area contributed by atoms with E-state index in [1.807, 2.05) is 0 Å². The van der Waals surface area contributed by atoms with E-state index in [1.165, 1.54) is 37.6 Å². The maximum atomic E-state index is 13.2. The van der Waals surface area contributed by atoms with E-state index in [1.54, 1.807) is 0 Å². The summed E-state index contributed by atoms with van der Waals surface area (Å²) in [6, 6.07) is 0. The van der Waals surface area contributed by atoms with Gasteiger partial charge in [0.25, 0.3) is 5.56 Å². The maximum Gasteiger partial charge on any atom is 0.472 e. The smallest absolute Gasteiger partial charge is 0.387 e. The molecule has 9 atom stereocenters. The number of anilines is 2. The summed E-state index contributed by atoms with van der Waals surface area (Å²) in [6.07, 6.45) is -7.99. The van der Waals surface area contributed by atoms with Crippen LogP contribution in [0, 0.1) is 0 Å². The minimum Gasteiger partial charge on any atom is -0.387 e. The zero-order valence-corrected chi connectivity index (χ0v) is 31.2. The SMILES string of the molecule is CCN(CC)CC.CO[C@@H]1[C@H](OP(=O)(O)OC[C@H]2O[C@@H](n3cnc4c(=O)[nH]c(N)nc43)[C@H](O)[C@@H]2O)[C@@H](COP(=O)(O)O)O[C@H]1n1cnc2c(N)ncnc21. The minimum atomic E-state index is -5.13. The van der Waals surface area contributed by atoms with Crippen molar-refractivity contribution in [2.45, 2.75) is 69.9 Å². The molecule has 0 radical (unpaired) electrons. The summed E-state index contributed by atoms with van der Waals surface area (Å²) >= 11 is 0. The molecule has 0 amide bonds. The summed E-state index contributed by atoms with van der Waals surface area (Å²) in [5.74, 6) is -0.201. The normalized spacial score (nSPS) is 27.1. The van der Waals surface area contributed by atoms with Crippen molar-refractivity contribution in [3.63, 3.8) is 0 Å². The molecule has 4 aromatic rings. The van der Waals surface area contributed by atoms with Crippen molar-refractivity contribution in [1.82, 2.24) is 43.9 Å². The molecule has 6 heterocycles. The first-order chi connectivity index (χ1) is 25.5. The molecule has 0 aromatic carbocycles. The number of aromatic amines is 1. The van der Waals surface area contributed by atoms with Crippen LogP contribution in [0.3, 0.4) is 0 Å². The quantitative estimate of drug-likeness (QED) is 0.0680. The van der Waals surface area contributed by atoms with E-state index < -0.39 is 83.5 Å². The van der Waals surface area contributed by atoms with Gasteiger partial charge in [-0.15, -0.1) is 0 Å². The summed E-state index contributed by atoms with van der Waals surface area (Å²) in [7, 11) is -8.95. The Kier molecular flexibility index (Phi) is 13.2. The average molecular weight is 808 g/mol. The van der Waals surface area contributed by atoms with E-state index in [9.17, 15) is 38.8 Å². The predicted octanol–water partition coefficient (Wildman–Crippen LogP) is -1.38. The third-order valence-electron chi connectivity index (χ3n) is 8.69. The number of hydrogen-bond acceptors (Lipinski definition) is 19. The molecule has 54 heavy (non-hydrogen) atoms. The second-order valence-electron chi connectivity index (χ2n) is 11.9. The maximum absolute atomic E-state index is 13.2. The van der Waals surface area contributed by atoms with Crippen LogP contribution in [0.2, 0.25) is 0 Å². The lowest BCUT2D eigenvalue weighted by atomic mass is 10.1. The molecule has 2 fully saturated rings. The first kappa shape index (κ1) is 41.6. The molecular weight excluding hydrogens is 764 g/mol. The Hall–Kier alpha value is -3.52. The summed E-state index contributed by atoms with van der Waals surface area (Å²) in [5, 5.41) is 21.3. The van der Waals surface area contributed by atoms with Crippen molar-refractivity contribution in [2.75, 3.05) is 51.4 Å². The van der Waals surface area contributed by atoms with Gasteiger partial charge in [-0.3, -0.25) is 32.5 Å². The Morgan fingerprint density at radius 2 is 1.46 bits per heavy atom. The fraction of sp³-hybridized carbons (Fsp3) is 0.630. The molecule has 0 saturated carbocycles. The van der Waals surface area contributed by atoms with Crippen LogP contribution in [0.25, 0.3) is 22.3 Å². The summed E-state index contributed by atoms with van der Waals surface area (Å²) in [6.45, 7) is 8.49. The largest absolute Gasteiger partial charge is 0.472 e. The lowest BCUT2D eigenvalue weighted by molar-refractivity contribution is -0.0582. The summed E-state index contributed by atoms with van der Waals surface area (Å²) in [4.78, 5) is 66.0. The molecule has 300 valence electrons. The third-order valence-corrected chi connectivity index (χ3v) is 10.2. The molecule has 4 aromatic heterocycles. The van der Waals surface area contributed by atoms with Crippen LogP contribution in [0.1, 0.15) is 33.2 Å². The lowest BCUT2D eigenvalue weighted by Crippen LogP contribution is -2.38. The number of hydrogen-bond donors (Lipinski definition) is 8. The number of rotatable bonds is 14. The van der Waals surface area contributed by atoms with E-state index in [2.05, 4.69) is 60.1 Å². The van der Waals surface area contributed by atoms with E-state index in [0.717, 1.165) is 17.2 Å². The van der Waals surface area contributed by atoms with Gasteiger partial charge in [0.05, 0.1) is 25.9 Å². The van der Waals surface area contributed by atoms with Gasteiger partial charge in [0.2, 0.25) is 5.95 Å². The highest BCUT2D eigenvalue weighted by atomic mass is 31.2. The average Bonchev–Trinajstić information content (AvgIpc) is 3.88. The molecular formula is C27H43N11O14P2. The van der Waals surface area contributed by atoms with Crippen molar-refractivity contribution in [1.29, 1.82) is 0 Å².